The van der Waals surface area contributed by atoms with E-state index in [9.17, 15) is 39.0 Å². The molecule has 8 N–H and O–H groups in total. The van der Waals surface area contributed by atoms with Crippen molar-refractivity contribution >= 4 is 41.5 Å². The molecule has 5 amide bonds. The Morgan fingerprint density at radius 1 is 1.03 bits per heavy atom. The van der Waals surface area contributed by atoms with E-state index in [4.69, 9.17) is 11.1 Å². The Balaban J connectivity index is 1.73. The van der Waals surface area contributed by atoms with Crippen LogP contribution in [-0.2, 0) is 29.5 Å². The van der Waals surface area contributed by atoms with Gasteiger partial charge in [0.25, 0.3) is 5.91 Å². The number of urea groups is 1. The Hall–Kier alpha value is -5.27. The number of carbonyl (C=O) groups excluding carboxylic acids is 4. The highest BCUT2D eigenvalue weighted by molar-refractivity contribution is 6.09. The monoisotopic (exact) mass is 538 g/mol. The summed E-state index contributed by atoms with van der Waals surface area (Å²) in [5.74, 6) is -5.96. The summed E-state index contributed by atoms with van der Waals surface area (Å²) in [5, 5.41) is 33.1. The lowest BCUT2D eigenvalue weighted by atomic mass is 9.91. The van der Waals surface area contributed by atoms with Gasteiger partial charge in [0.15, 0.2) is 6.04 Å². The zero-order valence-electron chi connectivity index (χ0n) is 20.6. The fraction of sp³-hybridized carbons (Fsp3) is 0.240. The lowest BCUT2D eigenvalue weighted by molar-refractivity contribution is -0.144. The zero-order chi connectivity index (χ0) is 28.9. The Labute approximate surface area is 221 Å². The molecule has 0 aromatic heterocycles. The molecule has 204 valence electrons. The van der Waals surface area contributed by atoms with Crippen LogP contribution in [0, 0.1) is 5.41 Å². The maximum absolute atomic E-state index is 13.1. The highest BCUT2D eigenvalue weighted by Gasteiger charge is 2.49. The Morgan fingerprint density at radius 2 is 1.64 bits per heavy atom. The molecule has 0 saturated carbocycles. The summed E-state index contributed by atoms with van der Waals surface area (Å²) in [6.07, 6.45) is -0.890. The van der Waals surface area contributed by atoms with Crippen LogP contribution in [0.15, 0.2) is 54.6 Å². The molecule has 0 bridgehead atoms. The summed E-state index contributed by atoms with van der Waals surface area (Å²) in [7, 11) is 0. The molecule has 14 heteroatoms. The molecule has 2 aromatic carbocycles. The van der Waals surface area contributed by atoms with E-state index < -0.39 is 66.3 Å². The SMILES string of the molecule is C[C@@]1(c2ccc(C(=N)N)cc2)NC(=O)N(CC(=O)N[C@@H](CC(=O)O)C(=O)N[C@H](C(=O)O)c2ccccc2)C1=O. The number of amidine groups is 1. The summed E-state index contributed by atoms with van der Waals surface area (Å²) < 4.78 is 0. The van der Waals surface area contributed by atoms with Gasteiger partial charge in [0.1, 0.15) is 24.0 Å². The predicted octanol–water partition coefficient (Wildman–Crippen LogP) is -0.361. The van der Waals surface area contributed by atoms with Gasteiger partial charge >= 0.3 is 18.0 Å². The number of nitrogen functional groups attached to an aromatic ring is 1. The number of rotatable bonds is 11. The molecule has 1 saturated heterocycles. The van der Waals surface area contributed by atoms with Gasteiger partial charge in [-0.2, -0.15) is 0 Å². The smallest absolute Gasteiger partial charge is 0.330 e. The van der Waals surface area contributed by atoms with E-state index in [1.54, 1.807) is 18.2 Å². The molecular formula is C25H26N6O8. The Kier molecular flexibility index (Phi) is 8.28. The number of imide groups is 1. The molecule has 2 aromatic rings. The van der Waals surface area contributed by atoms with Crippen LogP contribution in [0.2, 0.25) is 0 Å². The predicted molar refractivity (Wildman–Crippen MR) is 134 cm³/mol. The maximum atomic E-state index is 13.1. The Morgan fingerprint density at radius 3 is 2.18 bits per heavy atom. The summed E-state index contributed by atoms with van der Waals surface area (Å²) in [6.45, 7) is 0.584. The molecule has 0 radical (unpaired) electrons. The minimum Gasteiger partial charge on any atom is -0.481 e. The van der Waals surface area contributed by atoms with Gasteiger partial charge in [-0.25, -0.2) is 9.59 Å². The maximum Gasteiger partial charge on any atom is 0.330 e. The average molecular weight is 539 g/mol. The molecule has 14 nitrogen and oxygen atoms in total. The number of carboxylic acids is 2. The van der Waals surface area contributed by atoms with Crippen molar-refractivity contribution in [3.05, 3.63) is 71.3 Å². The third-order valence-electron chi connectivity index (χ3n) is 6.05. The van der Waals surface area contributed by atoms with Crippen LogP contribution in [0.3, 0.4) is 0 Å². The fourth-order valence-corrected chi connectivity index (χ4v) is 3.96. The summed E-state index contributed by atoms with van der Waals surface area (Å²) in [6, 6.07) is 9.50. The van der Waals surface area contributed by atoms with Gasteiger partial charge in [0.05, 0.1) is 6.42 Å². The lowest BCUT2D eigenvalue weighted by Crippen LogP contribution is -2.52. The topological polar surface area (TPSA) is 232 Å². The van der Waals surface area contributed by atoms with Crippen LogP contribution >= 0.6 is 0 Å². The molecule has 1 heterocycles. The van der Waals surface area contributed by atoms with Crippen LogP contribution < -0.4 is 21.7 Å². The van der Waals surface area contributed by atoms with Gasteiger partial charge in [0.2, 0.25) is 11.8 Å². The molecule has 1 aliphatic heterocycles. The minimum absolute atomic E-state index is 0.190. The quantitative estimate of drug-likeness (QED) is 0.112. The molecule has 0 unspecified atom stereocenters. The number of nitrogens with one attached hydrogen (secondary N) is 4. The van der Waals surface area contributed by atoms with Crippen LogP contribution in [0.5, 0.6) is 0 Å². The van der Waals surface area contributed by atoms with Gasteiger partial charge in [0, 0.05) is 5.56 Å². The van der Waals surface area contributed by atoms with Crippen molar-refractivity contribution in [2.75, 3.05) is 6.54 Å². The van der Waals surface area contributed by atoms with E-state index in [0.29, 0.717) is 16.0 Å². The first-order valence-electron chi connectivity index (χ1n) is 11.5. The van der Waals surface area contributed by atoms with Gasteiger partial charge in [-0.3, -0.25) is 29.5 Å². The first-order chi connectivity index (χ1) is 18.3. The van der Waals surface area contributed by atoms with Crippen LogP contribution in [0.4, 0.5) is 4.79 Å². The number of aliphatic carboxylic acids is 2. The number of benzene rings is 2. The molecule has 0 aliphatic carbocycles. The number of hydrogen-bond donors (Lipinski definition) is 7. The van der Waals surface area contributed by atoms with E-state index in [0.717, 1.165) is 0 Å². The van der Waals surface area contributed by atoms with Gasteiger partial charge in [-0.1, -0.05) is 54.6 Å². The third kappa shape index (κ3) is 6.36. The number of amides is 5. The largest absolute Gasteiger partial charge is 0.481 e. The first-order valence-corrected chi connectivity index (χ1v) is 11.5. The molecular weight excluding hydrogens is 512 g/mol. The molecule has 1 aliphatic rings. The van der Waals surface area contributed by atoms with Crippen molar-refractivity contribution in [2.45, 2.75) is 31.0 Å². The van der Waals surface area contributed by atoms with Crippen molar-refractivity contribution in [2.24, 2.45) is 5.73 Å². The lowest BCUT2D eigenvalue weighted by Gasteiger charge is -2.23. The number of hydrogen-bond acceptors (Lipinski definition) is 7. The number of nitrogens with zero attached hydrogens (tertiary/aromatic N) is 1. The second-order valence-electron chi connectivity index (χ2n) is 8.85. The van der Waals surface area contributed by atoms with Crippen molar-refractivity contribution in [1.82, 2.24) is 20.9 Å². The van der Waals surface area contributed by atoms with E-state index >= 15 is 0 Å². The number of carbonyl (C=O) groups is 6. The van der Waals surface area contributed by atoms with Gasteiger partial charge < -0.3 is 31.9 Å². The second-order valence-corrected chi connectivity index (χ2v) is 8.85. The molecule has 0 spiro atoms. The van der Waals surface area contributed by atoms with Gasteiger partial charge in [-0.05, 0) is 18.1 Å². The molecule has 3 rings (SSSR count). The molecule has 39 heavy (non-hydrogen) atoms. The van der Waals surface area contributed by atoms with Crippen molar-refractivity contribution in [1.29, 1.82) is 5.41 Å². The van der Waals surface area contributed by atoms with E-state index in [2.05, 4.69) is 16.0 Å². The first kappa shape index (κ1) is 28.3. The van der Waals surface area contributed by atoms with Crippen LogP contribution in [-0.4, -0.2) is 69.2 Å². The molecule has 1 fully saturated rings. The molecule has 3 atom stereocenters. The van der Waals surface area contributed by atoms with Crippen molar-refractivity contribution in [3.8, 4) is 0 Å². The normalized spacial score (nSPS) is 18.0. The van der Waals surface area contributed by atoms with Crippen molar-refractivity contribution in [3.63, 3.8) is 0 Å². The number of nitrogens with two attached hydrogens (primary N) is 1. The summed E-state index contributed by atoms with van der Waals surface area (Å²) in [5.41, 5.74) is 4.87. The summed E-state index contributed by atoms with van der Waals surface area (Å²) >= 11 is 0. The van der Waals surface area contributed by atoms with Crippen molar-refractivity contribution < 1.29 is 39.0 Å². The highest BCUT2D eigenvalue weighted by atomic mass is 16.4. The zero-order valence-corrected chi connectivity index (χ0v) is 20.6. The Bertz CT molecular complexity index is 1330. The minimum atomic E-state index is -1.70. The van der Waals surface area contributed by atoms with E-state index in [-0.39, 0.29) is 11.4 Å². The number of carboxylic acid groups (broad SMARTS) is 2. The fourth-order valence-electron chi connectivity index (χ4n) is 3.96. The van der Waals surface area contributed by atoms with E-state index in [1.165, 1.54) is 43.3 Å². The highest BCUT2D eigenvalue weighted by Crippen LogP contribution is 2.29. The van der Waals surface area contributed by atoms with E-state index in [1.807, 2.05) is 0 Å². The average Bonchev–Trinajstić information content (AvgIpc) is 3.10. The van der Waals surface area contributed by atoms with Crippen LogP contribution in [0.1, 0.15) is 36.1 Å². The second kappa shape index (κ2) is 11.4. The third-order valence-corrected chi connectivity index (χ3v) is 6.05. The standard InChI is InChI=1S/C25H26N6O8/c1-25(15-9-7-14(8-10-15)20(26)27)23(38)31(24(39)30-25)12-17(32)28-16(11-18(33)34)21(35)29-19(22(36)37)13-5-3-2-4-6-13/h2-10,16,19H,11-12H2,1H3,(H3,26,27)(H,28,32)(H,29,35)(H,30,39)(H,33,34)(H,36,37)/t16-,19-,25-/m0/s1. The van der Waals surface area contributed by atoms with Crippen LogP contribution in [0.25, 0.3) is 0 Å². The summed E-state index contributed by atoms with van der Waals surface area (Å²) in [4.78, 5) is 74.9. The van der Waals surface area contributed by atoms with Gasteiger partial charge in [-0.15, -0.1) is 0 Å².